The number of nitrogens with zero attached hydrogens (tertiary/aromatic N) is 3. The van der Waals surface area contributed by atoms with Crippen LogP contribution in [0.3, 0.4) is 0 Å². The third kappa shape index (κ3) is 9.84. The molecule has 2 rings (SSSR count). The number of rotatable bonds is 11. The normalized spacial score (nSPS) is 20.6. The monoisotopic (exact) mass is 484 g/mol. The number of aliphatic hydroxyl groups is 1. The zero-order valence-corrected chi connectivity index (χ0v) is 23.4. The standard InChI is InChI=1S/C25H52N4O3Si/c1-25(2,3)33(5,6)32-23(21-28-16-14-27(4)15-17-28)20-26-24(31)29(18-19-30)13-12-22-10-8-7-9-11-22/h22-23,30H,7-21H2,1-6H3,(H,26,31). The van der Waals surface area contributed by atoms with Crippen LogP contribution in [0.4, 0.5) is 4.79 Å². The van der Waals surface area contributed by atoms with Gasteiger partial charge in [0.25, 0.3) is 0 Å². The lowest BCUT2D eigenvalue weighted by Gasteiger charge is -2.41. The molecule has 1 aliphatic carbocycles. The zero-order valence-electron chi connectivity index (χ0n) is 22.4. The molecule has 1 saturated heterocycles. The fourth-order valence-corrected chi connectivity index (χ4v) is 5.96. The molecular weight excluding hydrogens is 432 g/mol. The predicted molar refractivity (Wildman–Crippen MR) is 139 cm³/mol. The highest BCUT2D eigenvalue weighted by atomic mass is 28.4. The Bertz CT molecular complexity index is 570. The summed E-state index contributed by atoms with van der Waals surface area (Å²) in [7, 11) is 0.211. The molecule has 2 N–H and O–H groups in total. The van der Waals surface area contributed by atoms with E-state index in [0.717, 1.165) is 51.6 Å². The van der Waals surface area contributed by atoms with Gasteiger partial charge in [0.05, 0.1) is 12.7 Å². The van der Waals surface area contributed by atoms with Crippen LogP contribution in [0.1, 0.15) is 59.3 Å². The highest BCUT2D eigenvalue weighted by molar-refractivity contribution is 6.74. The minimum absolute atomic E-state index is 0.00325. The summed E-state index contributed by atoms with van der Waals surface area (Å²) < 4.78 is 6.78. The molecule has 1 aliphatic heterocycles. The summed E-state index contributed by atoms with van der Waals surface area (Å²) in [6.45, 7) is 18.1. The van der Waals surface area contributed by atoms with Crippen LogP contribution in [0.15, 0.2) is 0 Å². The highest BCUT2D eigenvalue weighted by Gasteiger charge is 2.39. The Labute approximate surface area is 204 Å². The van der Waals surface area contributed by atoms with Crippen molar-refractivity contribution in [1.29, 1.82) is 0 Å². The third-order valence-corrected chi connectivity index (χ3v) is 12.5. The lowest BCUT2D eigenvalue weighted by molar-refractivity contribution is 0.0848. The number of likely N-dealkylation sites (N-methyl/N-ethyl adjacent to an activating group) is 1. The fraction of sp³-hybridized carbons (Fsp3) is 0.960. The lowest BCUT2D eigenvalue weighted by atomic mass is 9.87. The van der Waals surface area contributed by atoms with E-state index in [2.05, 4.69) is 56.0 Å². The number of aliphatic hydroxyl groups excluding tert-OH is 1. The molecule has 1 unspecified atom stereocenters. The number of carbonyl (C=O) groups excluding carboxylic acids is 1. The molecule has 1 heterocycles. The van der Waals surface area contributed by atoms with Gasteiger partial charge in [-0.1, -0.05) is 52.9 Å². The number of carbonyl (C=O) groups is 1. The molecule has 8 heteroatoms. The number of urea groups is 1. The summed E-state index contributed by atoms with van der Waals surface area (Å²) in [4.78, 5) is 19.7. The maximum absolute atomic E-state index is 13.0. The van der Waals surface area contributed by atoms with Crippen molar-refractivity contribution < 1.29 is 14.3 Å². The molecule has 2 amide bonds. The van der Waals surface area contributed by atoms with Gasteiger partial charge in [0.2, 0.25) is 0 Å². The van der Waals surface area contributed by atoms with Crippen LogP contribution in [-0.4, -0.2) is 106 Å². The van der Waals surface area contributed by atoms with Gasteiger partial charge in [0.1, 0.15) is 0 Å². The highest BCUT2D eigenvalue weighted by Crippen LogP contribution is 2.37. The molecule has 1 saturated carbocycles. The Morgan fingerprint density at radius 2 is 1.76 bits per heavy atom. The number of piperazine rings is 1. The summed E-state index contributed by atoms with van der Waals surface area (Å²) in [6.07, 6.45) is 7.56. The van der Waals surface area contributed by atoms with E-state index >= 15 is 0 Å². The maximum atomic E-state index is 13.0. The van der Waals surface area contributed by atoms with E-state index in [1.807, 2.05) is 0 Å². The second-order valence-electron chi connectivity index (χ2n) is 11.8. The maximum Gasteiger partial charge on any atom is 0.317 e. The first-order valence-electron chi connectivity index (χ1n) is 13.2. The Hall–Kier alpha value is -0.673. The van der Waals surface area contributed by atoms with Crippen LogP contribution in [0, 0.1) is 5.92 Å². The molecule has 7 nitrogen and oxygen atoms in total. The van der Waals surface area contributed by atoms with E-state index in [4.69, 9.17) is 4.43 Å². The van der Waals surface area contributed by atoms with Gasteiger partial charge in [-0.3, -0.25) is 4.90 Å². The molecule has 194 valence electrons. The number of nitrogens with one attached hydrogen (secondary N) is 1. The van der Waals surface area contributed by atoms with Gasteiger partial charge in [0.15, 0.2) is 8.32 Å². The summed E-state index contributed by atoms with van der Waals surface area (Å²) in [5.41, 5.74) is 0. The van der Waals surface area contributed by atoms with Gasteiger partial charge < -0.3 is 24.6 Å². The van der Waals surface area contributed by atoms with E-state index in [-0.39, 0.29) is 23.8 Å². The summed E-state index contributed by atoms with van der Waals surface area (Å²) >= 11 is 0. The van der Waals surface area contributed by atoms with Crippen molar-refractivity contribution in [2.45, 2.75) is 83.5 Å². The Morgan fingerprint density at radius 1 is 1.12 bits per heavy atom. The summed E-state index contributed by atoms with van der Waals surface area (Å²) in [5, 5.41) is 12.8. The molecule has 0 bridgehead atoms. The molecule has 0 aromatic carbocycles. The molecule has 2 aliphatic rings. The summed E-state index contributed by atoms with van der Waals surface area (Å²) in [5.74, 6) is 0.722. The SMILES string of the molecule is CN1CCN(CC(CNC(=O)N(CCO)CCC2CCCCC2)O[Si](C)(C)C(C)(C)C)CC1. The number of hydrogen-bond donors (Lipinski definition) is 2. The van der Waals surface area contributed by atoms with Crippen molar-refractivity contribution >= 4 is 14.3 Å². The quantitative estimate of drug-likeness (QED) is 0.439. The molecule has 2 fully saturated rings. The van der Waals surface area contributed by atoms with Crippen molar-refractivity contribution in [3.05, 3.63) is 0 Å². The third-order valence-electron chi connectivity index (χ3n) is 8.00. The Kier molecular flexibility index (Phi) is 11.6. The second kappa shape index (κ2) is 13.4. The van der Waals surface area contributed by atoms with E-state index in [0.29, 0.717) is 13.1 Å². The first kappa shape index (κ1) is 28.6. The van der Waals surface area contributed by atoms with Gasteiger partial charge in [-0.25, -0.2) is 4.79 Å². The van der Waals surface area contributed by atoms with Crippen molar-refractivity contribution in [1.82, 2.24) is 20.0 Å². The molecular formula is C25H52N4O3Si. The molecule has 33 heavy (non-hydrogen) atoms. The fourth-order valence-electron chi connectivity index (χ4n) is 4.62. The van der Waals surface area contributed by atoms with Gasteiger partial charge in [0, 0.05) is 52.4 Å². The van der Waals surface area contributed by atoms with Crippen molar-refractivity contribution in [2.24, 2.45) is 5.92 Å². The summed E-state index contributed by atoms with van der Waals surface area (Å²) in [6, 6.07) is -0.0675. The van der Waals surface area contributed by atoms with Crippen molar-refractivity contribution in [3.8, 4) is 0 Å². The minimum Gasteiger partial charge on any atom is -0.411 e. The lowest BCUT2D eigenvalue weighted by Crippen LogP contribution is -2.54. The van der Waals surface area contributed by atoms with E-state index in [9.17, 15) is 9.90 Å². The van der Waals surface area contributed by atoms with Crippen LogP contribution < -0.4 is 5.32 Å². The smallest absolute Gasteiger partial charge is 0.317 e. The minimum atomic E-state index is -1.96. The molecule has 0 spiro atoms. The van der Waals surface area contributed by atoms with Crippen LogP contribution in [0.2, 0.25) is 18.1 Å². The topological polar surface area (TPSA) is 68.3 Å². The van der Waals surface area contributed by atoms with E-state index < -0.39 is 8.32 Å². The van der Waals surface area contributed by atoms with Crippen LogP contribution in [0.25, 0.3) is 0 Å². The Morgan fingerprint density at radius 3 is 2.33 bits per heavy atom. The first-order valence-corrected chi connectivity index (χ1v) is 16.1. The predicted octanol–water partition coefficient (Wildman–Crippen LogP) is 3.60. The van der Waals surface area contributed by atoms with E-state index in [1.54, 1.807) is 4.90 Å². The second-order valence-corrected chi connectivity index (χ2v) is 16.5. The van der Waals surface area contributed by atoms with Crippen LogP contribution >= 0.6 is 0 Å². The van der Waals surface area contributed by atoms with Crippen LogP contribution in [0.5, 0.6) is 0 Å². The van der Waals surface area contributed by atoms with Crippen molar-refractivity contribution in [2.75, 3.05) is 66.0 Å². The molecule has 1 atom stereocenters. The average Bonchev–Trinajstić information content (AvgIpc) is 2.76. The largest absolute Gasteiger partial charge is 0.411 e. The van der Waals surface area contributed by atoms with Crippen molar-refractivity contribution in [3.63, 3.8) is 0 Å². The molecule has 0 aromatic rings. The Balaban J connectivity index is 1.94. The first-order chi connectivity index (χ1) is 15.5. The van der Waals surface area contributed by atoms with Gasteiger partial charge >= 0.3 is 6.03 Å². The molecule has 0 aromatic heterocycles. The van der Waals surface area contributed by atoms with E-state index in [1.165, 1.54) is 32.1 Å². The van der Waals surface area contributed by atoms with Gasteiger partial charge in [-0.2, -0.15) is 0 Å². The number of amides is 2. The van der Waals surface area contributed by atoms with Crippen LogP contribution in [-0.2, 0) is 4.43 Å². The zero-order chi connectivity index (χ0) is 24.5. The van der Waals surface area contributed by atoms with Gasteiger partial charge in [-0.15, -0.1) is 0 Å². The molecule has 0 radical (unpaired) electrons. The average molecular weight is 485 g/mol. The number of hydrogen-bond acceptors (Lipinski definition) is 5. The van der Waals surface area contributed by atoms with Gasteiger partial charge in [-0.05, 0) is 37.5 Å².